The number of rotatable bonds is 7. The summed E-state index contributed by atoms with van der Waals surface area (Å²) in [6.45, 7) is 0.987. The van der Waals surface area contributed by atoms with Crippen molar-refractivity contribution >= 4 is 16.0 Å². The van der Waals surface area contributed by atoms with Crippen LogP contribution in [0.25, 0.3) is 0 Å². The highest BCUT2D eigenvalue weighted by Crippen LogP contribution is 2.06. The number of aromatic nitrogens is 4. The van der Waals surface area contributed by atoms with Gasteiger partial charge in [0.05, 0.1) is 12.4 Å². The number of aryl methyl sites for hydroxylation is 1. The lowest BCUT2D eigenvalue weighted by Crippen LogP contribution is -2.26. The predicted molar refractivity (Wildman–Crippen MR) is 73.6 cm³/mol. The topological polar surface area (TPSA) is 102 Å². The highest BCUT2D eigenvalue weighted by molar-refractivity contribution is 7.89. The van der Waals surface area contributed by atoms with Gasteiger partial charge in [-0.15, -0.1) is 0 Å². The Balaban J connectivity index is 1.86. The van der Waals surface area contributed by atoms with Gasteiger partial charge in [-0.2, -0.15) is 5.10 Å². The molecule has 0 atom stereocenters. The van der Waals surface area contributed by atoms with Crippen molar-refractivity contribution in [3.63, 3.8) is 0 Å². The van der Waals surface area contributed by atoms with E-state index in [4.69, 9.17) is 0 Å². The van der Waals surface area contributed by atoms with Gasteiger partial charge >= 0.3 is 0 Å². The maximum absolute atomic E-state index is 12.0. The quantitative estimate of drug-likeness (QED) is 0.702. The first-order valence-corrected chi connectivity index (χ1v) is 7.57. The Morgan fingerprint density at radius 2 is 2.05 bits per heavy atom. The van der Waals surface area contributed by atoms with Gasteiger partial charge < -0.3 is 5.32 Å². The van der Waals surface area contributed by atoms with Crippen LogP contribution in [0.4, 0.5) is 5.95 Å². The number of nitrogens with zero attached hydrogens (tertiary/aromatic N) is 4. The normalized spacial score (nSPS) is 11.4. The molecule has 0 aliphatic carbocycles. The van der Waals surface area contributed by atoms with Crippen molar-refractivity contribution in [1.29, 1.82) is 0 Å². The first-order chi connectivity index (χ1) is 9.62. The van der Waals surface area contributed by atoms with Crippen LogP contribution in [0, 0.1) is 0 Å². The molecular weight excluding hydrogens is 280 g/mol. The van der Waals surface area contributed by atoms with Crippen LogP contribution < -0.4 is 10.0 Å². The molecule has 2 aromatic heterocycles. The van der Waals surface area contributed by atoms with E-state index in [0.717, 1.165) is 0 Å². The third-order valence-corrected chi connectivity index (χ3v) is 3.99. The molecule has 9 heteroatoms. The van der Waals surface area contributed by atoms with Crippen LogP contribution in [0.15, 0.2) is 35.7 Å². The third kappa shape index (κ3) is 3.75. The fraction of sp³-hybridized carbons (Fsp3) is 0.364. The second-order valence-corrected chi connectivity index (χ2v) is 5.78. The van der Waals surface area contributed by atoms with E-state index in [1.165, 1.54) is 12.4 Å². The van der Waals surface area contributed by atoms with Crippen LogP contribution in [0.1, 0.15) is 6.42 Å². The standard InChI is InChI=1S/C11H16N6O2S/c1-12-11-13-8-10(9-14-11)20(18,19)16-5-3-7-17-6-2-4-15-17/h2,4,6,8-9,16H,3,5,7H2,1H3,(H,12,13,14). The Kier molecular flexibility index (Phi) is 4.64. The van der Waals surface area contributed by atoms with Crippen molar-refractivity contribution in [3.05, 3.63) is 30.9 Å². The average molecular weight is 296 g/mol. The Bertz CT molecular complexity index is 623. The van der Waals surface area contributed by atoms with Crippen LogP contribution in [-0.2, 0) is 16.6 Å². The Labute approximate surface area is 117 Å². The zero-order valence-electron chi connectivity index (χ0n) is 11.0. The molecule has 2 aromatic rings. The maximum atomic E-state index is 12.0. The van der Waals surface area contributed by atoms with Gasteiger partial charge in [0.25, 0.3) is 0 Å². The largest absolute Gasteiger partial charge is 0.357 e. The summed E-state index contributed by atoms with van der Waals surface area (Å²) < 4.78 is 28.2. The van der Waals surface area contributed by atoms with Crippen LogP contribution in [0.2, 0.25) is 0 Å². The van der Waals surface area contributed by atoms with Crippen molar-refractivity contribution in [2.75, 3.05) is 18.9 Å². The summed E-state index contributed by atoms with van der Waals surface area (Å²) >= 11 is 0. The first kappa shape index (κ1) is 14.4. The van der Waals surface area contributed by atoms with Crippen molar-refractivity contribution in [1.82, 2.24) is 24.5 Å². The van der Waals surface area contributed by atoms with E-state index in [9.17, 15) is 8.42 Å². The summed E-state index contributed by atoms with van der Waals surface area (Å²) in [5.41, 5.74) is 0. The third-order valence-electron chi connectivity index (χ3n) is 2.58. The van der Waals surface area contributed by atoms with Gasteiger partial charge in [-0.25, -0.2) is 23.1 Å². The average Bonchev–Trinajstić information content (AvgIpc) is 2.97. The summed E-state index contributed by atoms with van der Waals surface area (Å²) in [7, 11) is -1.90. The molecule has 0 saturated heterocycles. The van der Waals surface area contributed by atoms with E-state index in [1.807, 2.05) is 12.3 Å². The fourth-order valence-corrected chi connectivity index (χ4v) is 2.51. The van der Waals surface area contributed by atoms with Crippen molar-refractivity contribution in [2.24, 2.45) is 0 Å². The van der Waals surface area contributed by atoms with Crippen LogP contribution in [0.5, 0.6) is 0 Å². The van der Waals surface area contributed by atoms with E-state index in [0.29, 0.717) is 25.5 Å². The molecule has 0 amide bonds. The molecule has 8 nitrogen and oxygen atoms in total. The molecule has 20 heavy (non-hydrogen) atoms. The van der Waals surface area contributed by atoms with Gasteiger partial charge in [0.15, 0.2) is 0 Å². The number of hydrogen-bond donors (Lipinski definition) is 2. The minimum atomic E-state index is -3.56. The maximum Gasteiger partial charge on any atom is 0.243 e. The molecule has 108 valence electrons. The SMILES string of the molecule is CNc1ncc(S(=O)(=O)NCCCn2cccn2)cn1. The van der Waals surface area contributed by atoms with Crippen LogP contribution in [0.3, 0.4) is 0 Å². The predicted octanol–water partition coefficient (Wildman–Crippen LogP) is 0.0834. The summed E-state index contributed by atoms with van der Waals surface area (Å²) in [5.74, 6) is 0.377. The van der Waals surface area contributed by atoms with E-state index >= 15 is 0 Å². The molecule has 0 spiro atoms. The summed E-state index contributed by atoms with van der Waals surface area (Å²) in [4.78, 5) is 7.81. The van der Waals surface area contributed by atoms with Crippen LogP contribution >= 0.6 is 0 Å². The number of nitrogens with one attached hydrogen (secondary N) is 2. The van der Waals surface area contributed by atoms with Crippen molar-refractivity contribution < 1.29 is 8.42 Å². The van der Waals surface area contributed by atoms with Crippen molar-refractivity contribution in [3.8, 4) is 0 Å². The van der Waals surface area contributed by atoms with E-state index < -0.39 is 10.0 Å². The van der Waals surface area contributed by atoms with E-state index in [-0.39, 0.29) is 4.90 Å². The molecule has 0 aromatic carbocycles. The van der Waals surface area contributed by atoms with Gasteiger partial charge in [-0.3, -0.25) is 4.68 Å². The second-order valence-electron chi connectivity index (χ2n) is 4.01. The van der Waals surface area contributed by atoms with Crippen LogP contribution in [-0.4, -0.2) is 41.8 Å². The Morgan fingerprint density at radius 1 is 1.30 bits per heavy atom. The minimum absolute atomic E-state index is 0.0515. The van der Waals surface area contributed by atoms with Gasteiger partial charge in [0.1, 0.15) is 4.90 Å². The highest BCUT2D eigenvalue weighted by atomic mass is 32.2. The molecule has 0 radical (unpaired) electrons. The monoisotopic (exact) mass is 296 g/mol. The van der Waals surface area contributed by atoms with E-state index in [1.54, 1.807) is 17.9 Å². The first-order valence-electron chi connectivity index (χ1n) is 6.09. The molecule has 0 fully saturated rings. The molecule has 0 saturated carbocycles. The Hall–Kier alpha value is -2.00. The number of hydrogen-bond acceptors (Lipinski definition) is 6. The van der Waals surface area contributed by atoms with Crippen molar-refractivity contribution in [2.45, 2.75) is 17.9 Å². The molecule has 2 N–H and O–H groups in total. The summed E-state index contributed by atoms with van der Waals surface area (Å²) in [5, 5.41) is 6.77. The summed E-state index contributed by atoms with van der Waals surface area (Å²) in [6, 6.07) is 1.82. The van der Waals surface area contributed by atoms with Gasteiger partial charge in [-0.1, -0.05) is 0 Å². The zero-order chi connectivity index (χ0) is 14.4. The lowest BCUT2D eigenvalue weighted by atomic mass is 10.4. The minimum Gasteiger partial charge on any atom is -0.357 e. The molecule has 0 aliphatic heterocycles. The molecule has 2 heterocycles. The molecule has 0 unspecified atom stereocenters. The molecule has 0 aliphatic rings. The molecule has 0 bridgehead atoms. The van der Waals surface area contributed by atoms with Gasteiger partial charge in [0, 0.05) is 32.5 Å². The lowest BCUT2D eigenvalue weighted by Gasteiger charge is -2.06. The highest BCUT2D eigenvalue weighted by Gasteiger charge is 2.14. The summed E-state index contributed by atoms with van der Waals surface area (Å²) in [6.07, 6.45) is 6.71. The van der Waals surface area contributed by atoms with E-state index in [2.05, 4.69) is 25.1 Å². The number of sulfonamides is 1. The number of anilines is 1. The smallest absolute Gasteiger partial charge is 0.243 e. The van der Waals surface area contributed by atoms with Gasteiger partial charge in [-0.05, 0) is 12.5 Å². The molecular formula is C11H16N6O2S. The van der Waals surface area contributed by atoms with Gasteiger partial charge in [0.2, 0.25) is 16.0 Å². The molecule has 2 rings (SSSR count). The Morgan fingerprint density at radius 3 is 2.65 bits per heavy atom. The fourth-order valence-electron chi connectivity index (χ4n) is 1.55. The second kappa shape index (κ2) is 6.44. The zero-order valence-corrected chi connectivity index (χ0v) is 11.8. The lowest BCUT2D eigenvalue weighted by molar-refractivity contribution is 0.552.